The van der Waals surface area contributed by atoms with E-state index < -0.39 is 12.1 Å². The predicted octanol–water partition coefficient (Wildman–Crippen LogP) is 6.33. The van der Waals surface area contributed by atoms with Crippen LogP contribution in [0.2, 0.25) is 5.02 Å². The summed E-state index contributed by atoms with van der Waals surface area (Å²) in [5.74, 6) is 0.946. The summed E-state index contributed by atoms with van der Waals surface area (Å²) in [6.45, 7) is 4.08. The third-order valence-corrected chi connectivity index (χ3v) is 4.72. The molecule has 0 spiro atoms. The van der Waals surface area contributed by atoms with Crippen LogP contribution in [0.5, 0.6) is 17.2 Å². The highest BCUT2D eigenvalue weighted by molar-refractivity contribution is 6.30. The van der Waals surface area contributed by atoms with E-state index in [9.17, 15) is 9.90 Å². The molecule has 0 bridgehead atoms. The van der Waals surface area contributed by atoms with E-state index in [1.807, 2.05) is 62.4 Å². The molecule has 0 aliphatic carbocycles. The Morgan fingerprint density at radius 3 is 2.34 bits per heavy atom. The van der Waals surface area contributed by atoms with Crippen molar-refractivity contribution in [1.82, 2.24) is 0 Å². The van der Waals surface area contributed by atoms with Crippen molar-refractivity contribution in [2.75, 3.05) is 0 Å². The molecule has 0 heterocycles. The molecule has 0 aliphatic rings. The SMILES string of the molecule is CC(C)c1ccccc1OC(Cc1cc(Cl)ccc1Oc1ccccc1)C(=O)O. The lowest BCUT2D eigenvalue weighted by Gasteiger charge is -2.20. The second kappa shape index (κ2) is 9.48. The molecule has 150 valence electrons. The van der Waals surface area contributed by atoms with Gasteiger partial charge in [-0.1, -0.05) is 61.8 Å². The number of rotatable bonds is 8. The Balaban J connectivity index is 1.88. The van der Waals surface area contributed by atoms with Crippen LogP contribution >= 0.6 is 11.6 Å². The van der Waals surface area contributed by atoms with Crippen molar-refractivity contribution >= 4 is 17.6 Å². The van der Waals surface area contributed by atoms with Gasteiger partial charge in [0, 0.05) is 17.0 Å². The minimum Gasteiger partial charge on any atom is -0.478 e. The van der Waals surface area contributed by atoms with Gasteiger partial charge in [0.1, 0.15) is 17.2 Å². The molecule has 0 aromatic heterocycles. The Morgan fingerprint density at radius 2 is 1.66 bits per heavy atom. The lowest BCUT2D eigenvalue weighted by Crippen LogP contribution is -2.30. The lowest BCUT2D eigenvalue weighted by molar-refractivity contribution is -0.145. The number of carboxylic acid groups (broad SMARTS) is 1. The molecule has 0 saturated carbocycles. The average Bonchev–Trinajstić information content (AvgIpc) is 2.70. The van der Waals surface area contributed by atoms with Crippen LogP contribution in [0.3, 0.4) is 0 Å². The zero-order chi connectivity index (χ0) is 20.8. The Hall–Kier alpha value is -2.98. The fraction of sp³-hybridized carbons (Fsp3) is 0.208. The summed E-state index contributed by atoms with van der Waals surface area (Å²) in [5.41, 5.74) is 1.63. The van der Waals surface area contributed by atoms with E-state index in [-0.39, 0.29) is 12.3 Å². The number of para-hydroxylation sites is 2. The third kappa shape index (κ3) is 5.52. The number of halogens is 1. The molecule has 29 heavy (non-hydrogen) atoms. The van der Waals surface area contributed by atoms with Gasteiger partial charge in [-0.05, 0) is 47.9 Å². The monoisotopic (exact) mass is 410 g/mol. The number of hydrogen-bond donors (Lipinski definition) is 1. The van der Waals surface area contributed by atoms with Crippen molar-refractivity contribution in [2.24, 2.45) is 0 Å². The van der Waals surface area contributed by atoms with E-state index in [0.717, 1.165) is 5.56 Å². The smallest absolute Gasteiger partial charge is 0.345 e. The first-order chi connectivity index (χ1) is 13.9. The van der Waals surface area contributed by atoms with Gasteiger partial charge in [0.05, 0.1) is 0 Å². The van der Waals surface area contributed by atoms with Gasteiger partial charge < -0.3 is 14.6 Å². The first-order valence-corrected chi connectivity index (χ1v) is 9.81. The van der Waals surface area contributed by atoms with Crippen molar-refractivity contribution in [1.29, 1.82) is 0 Å². The van der Waals surface area contributed by atoms with Gasteiger partial charge in [-0.2, -0.15) is 0 Å². The molecule has 0 amide bonds. The fourth-order valence-corrected chi connectivity index (χ4v) is 3.21. The Kier molecular flexibility index (Phi) is 6.78. The maximum atomic E-state index is 11.9. The number of benzene rings is 3. The van der Waals surface area contributed by atoms with E-state index in [1.165, 1.54) is 0 Å². The fourth-order valence-electron chi connectivity index (χ4n) is 3.02. The van der Waals surface area contributed by atoms with Gasteiger partial charge in [0.25, 0.3) is 0 Å². The van der Waals surface area contributed by atoms with Crippen molar-refractivity contribution in [2.45, 2.75) is 32.3 Å². The molecule has 4 nitrogen and oxygen atoms in total. The van der Waals surface area contributed by atoms with E-state index in [1.54, 1.807) is 24.3 Å². The van der Waals surface area contributed by atoms with E-state index in [4.69, 9.17) is 21.1 Å². The first-order valence-electron chi connectivity index (χ1n) is 9.43. The maximum absolute atomic E-state index is 11.9. The number of carboxylic acids is 1. The number of carbonyl (C=O) groups is 1. The lowest BCUT2D eigenvalue weighted by atomic mass is 10.0. The second-order valence-corrected chi connectivity index (χ2v) is 7.44. The second-order valence-electron chi connectivity index (χ2n) is 7.01. The van der Waals surface area contributed by atoms with Crippen LogP contribution in [0, 0.1) is 0 Å². The largest absolute Gasteiger partial charge is 0.478 e. The molecule has 3 aromatic carbocycles. The number of aliphatic carboxylic acids is 1. The van der Waals surface area contributed by atoms with Crippen LogP contribution in [0.25, 0.3) is 0 Å². The number of hydrogen-bond acceptors (Lipinski definition) is 3. The zero-order valence-corrected chi connectivity index (χ0v) is 17.1. The summed E-state index contributed by atoms with van der Waals surface area (Å²) in [7, 11) is 0. The van der Waals surface area contributed by atoms with Gasteiger partial charge >= 0.3 is 5.97 Å². The van der Waals surface area contributed by atoms with Gasteiger partial charge in [0.15, 0.2) is 6.10 Å². The summed E-state index contributed by atoms with van der Waals surface area (Å²) in [6, 6.07) is 22.0. The maximum Gasteiger partial charge on any atom is 0.345 e. The van der Waals surface area contributed by atoms with E-state index in [2.05, 4.69) is 0 Å². The molecule has 1 N–H and O–H groups in total. The summed E-state index contributed by atoms with van der Waals surface area (Å²) in [6.07, 6.45) is -0.962. The molecule has 0 radical (unpaired) electrons. The molecular weight excluding hydrogens is 388 g/mol. The summed E-state index contributed by atoms with van der Waals surface area (Å²) >= 11 is 6.17. The summed E-state index contributed by atoms with van der Waals surface area (Å²) < 4.78 is 11.9. The van der Waals surface area contributed by atoms with Gasteiger partial charge in [-0.3, -0.25) is 0 Å². The number of ether oxygens (including phenoxy) is 2. The van der Waals surface area contributed by atoms with Crippen LogP contribution in [-0.2, 0) is 11.2 Å². The highest BCUT2D eigenvalue weighted by atomic mass is 35.5. The van der Waals surface area contributed by atoms with Crippen LogP contribution in [0.15, 0.2) is 72.8 Å². The standard InChI is InChI=1S/C24H23ClO4/c1-16(2)20-10-6-7-11-22(20)29-23(24(26)27)15-17-14-18(25)12-13-21(17)28-19-8-4-3-5-9-19/h3-14,16,23H,15H2,1-2H3,(H,26,27). The zero-order valence-electron chi connectivity index (χ0n) is 16.3. The van der Waals surface area contributed by atoms with Gasteiger partial charge in [0.2, 0.25) is 0 Å². The predicted molar refractivity (Wildman–Crippen MR) is 114 cm³/mol. The van der Waals surface area contributed by atoms with E-state index in [0.29, 0.717) is 27.8 Å². The topological polar surface area (TPSA) is 55.8 Å². The Labute approximate surface area is 175 Å². The minimum absolute atomic E-state index is 0.116. The van der Waals surface area contributed by atoms with Crippen molar-refractivity contribution < 1.29 is 19.4 Å². The quantitative estimate of drug-likeness (QED) is 0.471. The summed E-state index contributed by atoms with van der Waals surface area (Å²) in [4.78, 5) is 11.9. The molecular formula is C24H23ClO4. The summed E-state index contributed by atoms with van der Waals surface area (Å²) in [5, 5.41) is 10.3. The van der Waals surface area contributed by atoms with Gasteiger partial charge in [-0.25, -0.2) is 4.79 Å². The molecule has 1 unspecified atom stereocenters. The third-order valence-electron chi connectivity index (χ3n) is 4.48. The molecule has 0 saturated heterocycles. The minimum atomic E-state index is -1.08. The van der Waals surface area contributed by atoms with E-state index >= 15 is 0 Å². The van der Waals surface area contributed by atoms with Crippen LogP contribution in [0.4, 0.5) is 0 Å². The molecule has 3 rings (SSSR count). The van der Waals surface area contributed by atoms with Crippen molar-refractivity contribution in [3.05, 3.63) is 88.9 Å². The molecule has 0 fully saturated rings. The highest BCUT2D eigenvalue weighted by Gasteiger charge is 2.24. The molecule has 3 aromatic rings. The molecule has 0 aliphatic heterocycles. The molecule has 1 atom stereocenters. The van der Waals surface area contributed by atoms with Crippen molar-refractivity contribution in [3.63, 3.8) is 0 Å². The van der Waals surface area contributed by atoms with Crippen molar-refractivity contribution in [3.8, 4) is 17.2 Å². The van der Waals surface area contributed by atoms with Crippen LogP contribution in [0.1, 0.15) is 30.9 Å². The Morgan fingerprint density at radius 1 is 0.966 bits per heavy atom. The first kappa shape index (κ1) is 20.7. The highest BCUT2D eigenvalue weighted by Crippen LogP contribution is 2.31. The normalized spacial score (nSPS) is 11.9. The van der Waals surface area contributed by atoms with Gasteiger partial charge in [-0.15, -0.1) is 0 Å². The van der Waals surface area contributed by atoms with Crippen LogP contribution < -0.4 is 9.47 Å². The van der Waals surface area contributed by atoms with Crippen LogP contribution in [-0.4, -0.2) is 17.2 Å². The Bertz CT molecular complexity index is 970. The molecule has 5 heteroatoms. The average molecular weight is 411 g/mol.